The van der Waals surface area contributed by atoms with Crippen LogP contribution in [0.15, 0.2) is 30.7 Å². The van der Waals surface area contributed by atoms with E-state index in [1.165, 1.54) is 32.1 Å². The summed E-state index contributed by atoms with van der Waals surface area (Å²) in [5.74, 6) is 0.994. The highest BCUT2D eigenvalue weighted by Gasteiger charge is 2.24. The van der Waals surface area contributed by atoms with Gasteiger partial charge in [0.2, 0.25) is 0 Å². The second-order valence-electron chi connectivity index (χ2n) is 7.00. The molecular formula is C20H24ClN5. The van der Waals surface area contributed by atoms with Gasteiger partial charge in [-0.15, -0.1) is 0 Å². The monoisotopic (exact) mass is 369 g/mol. The first-order chi connectivity index (χ1) is 12.7. The van der Waals surface area contributed by atoms with Crippen molar-refractivity contribution in [1.29, 1.82) is 0 Å². The Kier molecular flexibility index (Phi) is 4.81. The molecule has 5 nitrogen and oxygen atoms in total. The molecule has 0 radical (unpaired) electrons. The van der Waals surface area contributed by atoms with Gasteiger partial charge in [0.05, 0.1) is 17.3 Å². The fraction of sp³-hybridized carbons (Fsp3) is 0.450. The van der Waals surface area contributed by atoms with Crippen LogP contribution in [0.3, 0.4) is 0 Å². The molecule has 6 heteroatoms. The lowest BCUT2D eigenvalue weighted by atomic mass is 9.94. The molecule has 0 spiro atoms. The highest BCUT2D eigenvalue weighted by atomic mass is 35.5. The number of nitrogens with zero attached hydrogens (tertiary/aromatic N) is 5. The van der Waals surface area contributed by atoms with E-state index in [0.29, 0.717) is 6.04 Å². The molecule has 0 bridgehead atoms. The van der Waals surface area contributed by atoms with Gasteiger partial charge in [0.1, 0.15) is 12.1 Å². The molecule has 2 heterocycles. The van der Waals surface area contributed by atoms with E-state index in [-0.39, 0.29) is 0 Å². The van der Waals surface area contributed by atoms with Crippen molar-refractivity contribution in [3.05, 3.63) is 41.3 Å². The number of halogens is 1. The maximum atomic E-state index is 6.31. The predicted molar refractivity (Wildman–Crippen MR) is 106 cm³/mol. The second-order valence-corrected chi connectivity index (χ2v) is 7.41. The maximum Gasteiger partial charge on any atom is 0.168 e. The summed E-state index contributed by atoms with van der Waals surface area (Å²) in [6.07, 6.45) is 9.95. The number of hydrogen-bond donors (Lipinski definition) is 0. The van der Waals surface area contributed by atoms with Gasteiger partial charge < -0.3 is 4.90 Å². The molecule has 3 aromatic rings. The van der Waals surface area contributed by atoms with E-state index >= 15 is 0 Å². The Morgan fingerprint density at radius 3 is 2.73 bits per heavy atom. The van der Waals surface area contributed by atoms with Gasteiger partial charge in [-0.1, -0.05) is 36.9 Å². The summed E-state index contributed by atoms with van der Waals surface area (Å²) in [5, 5.41) is 6.32. The summed E-state index contributed by atoms with van der Waals surface area (Å²) < 4.78 is 1.85. The smallest absolute Gasteiger partial charge is 0.168 e. The molecule has 2 aromatic heterocycles. The van der Waals surface area contributed by atoms with Crippen LogP contribution in [-0.4, -0.2) is 32.3 Å². The van der Waals surface area contributed by atoms with Gasteiger partial charge in [0.15, 0.2) is 5.65 Å². The average Bonchev–Trinajstić information content (AvgIpc) is 3.10. The minimum absolute atomic E-state index is 0.559. The third-order valence-corrected chi connectivity index (χ3v) is 5.78. The molecule has 0 amide bonds. The summed E-state index contributed by atoms with van der Waals surface area (Å²) in [5.41, 5.74) is 2.79. The van der Waals surface area contributed by atoms with E-state index < -0.39 is 0 Å². The van der Waals surface area contributed by atoms with Crippen molar-refractivity contribution in [2.75, 3.05) is 11.4 Å². The van der Waals surface area contributed by atoms with Gasteiger partial charge in [-0.25, -0.2) is 14.6 Å². The minimum atomic E-state index is 0.559. The van der Waals surface area contributed by atoms with Crippen LogP contribution in [0.4, 0.5) is 5.82 Å². The fourth-order valence-electron chi connectivity index (χ4n) is 3.94. The highest BCUT2D eigenvalue weighted by molar-refractivity contribution is 6.31. The van der Waals surface area contributed by atoms with Gasteiger partial charge in [-0.05, 0) is 44.4 Å². The van der Waals surface area contributed by atoms with Crippen LogP contribution in [-0.2, 0) is 0 Å². The van der Waals surface area contributed by atoms with Crippen molar-refractivity contribution in [2.45, 2.75) is 52.0 Å². The number of fused-ring (bicyclic) bond motifs is 1. The van der Waals surface area contributed by atoms with Gasteiger partial charge in [0.25, 0.3) is 0 Å². The van der Waals surface area contributed by atoms with E-state index in [1.807, 2.05) is 36.0 Å². The lowest BCUT2D eigenvalue weighted by Crippen LogP contribution is -2.37. The SMILES string of the molecule is CCN(c1ncnc2c1cnn2-c1ccc(C)c(Cl)c1)C1CCCCC1. The molecule has 136 valence electrons. The van der Waals surface area contributed by atoms with Crippen LogP contribution in [0.25, 0.3) is 16.7 Å². The third-order valence-electron chi connectivity index (χ3n) is 5.37. The van der Waals surface area contributed by atoms with E-state index in [9.17, 15) is 0 Å². The lowest BCUT2D eigenvalue weighted by molar-refractivity contribution is 0.417. The number of hydrogen-bond acceptors (Lipinski definition) is 4. The van der Waals surface area contributed by atoms with Gasteiger partial charge in [0, 0.05) is 17.6 Å². The molecule has 4 rings (SSSR count). The average molecular weight is 370 g/mol. The van der Waals surface area contributed by atoms with Gasteiger partial charge >= 0.3 is 0 Å². The summed E-state index contributed by atoms with van der Waals surface area (Å²) in [6, 6.07) is 6.52. The third kappa shape index (κ3) is 3.05. The quantitative estimate of drug-likeness (QED) is 0.653. The number of rotatable bonds is 4. The summed E-state index contributed by atoms with van der Waals surface area (Å²) in [6.45, 7) is 5.14. The number of benzene rings is 1. The summed E-state index contributed by atoms with van der Waals surface area (Å²) in [4.78, 5) is 11.6. The first kappa shape index (κ1) is 17.3. The van der Waals surface area contributed by atoms with Gasteiger partial charge in [-0.2, -0.15) is 5.10 Å². The Morgan fingerprint density at radius 1 is 1.19 bits per heavy atom. The Hall–Kier alpha value is -2.14. The normalized spacial score (nSPS) is 15.5. The van der Waals surface area contributed by atoms with E-state index in [2.05, 4.69) is 26.9 Å². The first-order valence-electron chi connectivity index (χ1n) is 9.41. The lowest BCUT2D eigenvalue weighted by Gasteiger charge is -2.34. The van der Waals surface area contributed by atoms with Crippen LogP contribution in [0.2, 0.25) is 5.02 Å². The molecule has 1 aliphatic rings. The molecule has 0 unspecified atom stereocenters. The Morgan fingerprint density at radius 2 is 2.00 bits per heavy atom. The van der Waals surface area contributed by atoms with Crippen molar-refractivity contribution < 1.29 is 0 Å². The van der Waals surface area contributed by atoms with Crippen molar-refractivity contribution in [3.8, 4) is 5.69 Å². The Balaban J connectivity index is 1.78. The Bertz CT molecular complexity index is 914. The van der Waals surface area contributed by atoms with Crippen molar-refractivity contribution >= 4 is 28.5 Å². The van der Waals surface area contributed by atoms with E-state index in [4.69, 9.17) is 11.6 Å². The molecule has 0 atom stereocenters. The Labute approximate surface area is 159 Å². The zero-order chi connectivity index (χ0) is 18.1. The molecule has 0 saturated heterocycles. The minimum Gasteiger partial charge on any atom is -0.353 e. The maximum absolute atomic E-state index is 6.31. The standard InChI is InChI=1S/C20H24ClN5/c1-3-25(15-7-5-4-6-8-15)19-17-12-24-26(20(17)23-13-22-19)16-10-9-14(2)18(21)11-16/h9-13,15H,3-8H2,1-2H3. The van der Waals surface area contributed by atoms with Crippen LogP contribution < -0.4 is 4.90 Å². The number of aryl methyl sites for hydroxylation is 1. The fourth-order valence-corrected chi connectivity index (χ4v) is 4.11. The molecule has 0 aliphatic heterocycles. The van der Waals surface area contributed by atoms with Crippen LogP contribution in [0.5, 0.6) is 0 Å². The number of anilines is 1. The summed E-state index contributed by atoms with van der Waals surface area (Å²) >= 11 is 6.31. The first-order valence-corrected chi connectivity index (χ1v) is 9.78. The van der Waals surface area contributed by atoms with Crippen LogP contribution >= 0.6 is 11.6 Å². The highest BCUT2D eigenvalue weighted by Crippen LogP contribution is 2.31. The van der Waals surface area contributed by atoms with E-state index in [1.54, 1.807) is 6.33 Å². The zero-order valence-electron chi connectivity index (χ0n) is 15.3. The molecule has 1 aromatic carbocycles. The molecule has 1 fully saturated rings. The molecule has 0 N–H and O–H groups in total. The van der Waals surface area contributed by atoms with Crippen molar-refractivity contribution in [1.82, 2.24) is 19.7 Å². The largest absolute Gasteiger partial charge is 0.353 e. The summed E-state index contributed by atoms with van der Waals surface area (Å²) in [7, 11) is 0. The topological polar surface area (TPSA) is 46.8 Å². The molecule has 1 saturated carbocycles. The van der Waals surface area contributed by atoms with E-state index in [0.717, 1.165) is 39.7 Å². The zero-order valence-corrected chi connectivity index (χ0v) is 16.1. The van der Waals surface area contributed by atoms with Crippen molar-refractivity contribution in [2.24, 2.45) is 0 Å². The van der Waals surface area contributed by atoms with Crippen LogP contribution in [0, 0.1) is 6.92 Å². The predicted octanol–water partition coefficient (Wildman–Crippen LogP) is 4.94. The second kappa shape index (κ2) is 7.23. The van der Waals surface area contributed by atoms with Crippen LogP contribution in [0.1, 0.15) is 44.6 Å². The molecule has 1 aliphatic carbocycles. The molecular weight excluding hydrogens is 346 g/mol. The van der Waals surface area contributed by atoms with Crippen molar-refractivity contribution in [3.63, 3.8) is 0 Å². The number of aromatic nitrogens is 4. The molecule has 26 heavy (non-hydrogen) atoms. The van der Waals surface area contributed by atoms with Gasteiger partial charge in [-0.3, -0.25) is 0 Å².